The van der Waals surface area contributed by atoms with Crippen LogP contribution < -0.4 is 5.32 Å². The third-order valence-corrected chi connectivity index (χ3v) is 6.18. The van der Waals surface area contributed by atoms with E-state index < -0.39 is 17.7 Å². The lowest BCUT2D eigenvalue weighted by atomic mass is 9.99. The number of carbonyl (C=O) groups is 2. The number of benzene rings is 2. The molecule has 8 heteroatoms. The summed E-state index contributed by atoms with van der Waals surface area (Å²) < 4.78 is 27.7. The molecule has 31 heavy (non-hydrogen) atoms. The van der Waals surface area contributed by atoms with Crippen LogP contribution in [-0.4, -0.2) is 40.9 Å². The van der Waals surface area contributed by atoms with Gasteiger partial charge in [0.2, 0.25) is 5.91 Å². The second-order valence-electron chi connectivity index (χ2n) is 8.04. The van der Waals surface area contributed by atoms with Crippen LogP contribution >= 0.6 is 0 Å². The Hall–Kier alpha value is -3.73. The van der Waals surface area contributed by atoms with Gasteiger partial charge in [0.15, 0.2) is 11.6 Å². The van der Waals surface area contributed by atoms with Gasteiger partial charge in [-0.05, 0) is 47.7 Å². The SMILES string of the molecule is N#Cc1ccc(C2=C[C@@H]3C[C@H]2N(C(=O)CN2Cc4c(ccc(F)c4F)NC2=O)C3)cc1. The Labute approximate surface area is 177 Å². The highest BCUT2D eigenvalue weighted by Crippen LogP contribution is 2.42. The first-order chi connectivity index (χ1) is 14.9. The van der Waals surface area contributed by atoms with Crippen molar-refractivity contribution in [3.8, 4) is 6.07 Å². The van der Waals surface area contributed by atoms with Crippen LogP contribution in [-0.2, 0) is 11.3 Å². The Morgan fingerprint density at radius 1 is 1.19 bits per heavy atom. The van der Waals surface area contributed by atoms with E-state index in [0.29, 0.717) is 12.1 Å². The van der Waals surface area contributed by atoms with Crippen molar-refractivity contribution in [2.75, 3.05) is 18.4 Å². The number of nitriles is 1. The highest BCUT2D eigenvalue weighted by Gasteiger charge is 2.42. The lowest BCUT2D eigenvalue weighted by molar-refractivity contribution is -0.132. The minimum absolute atomic E-state index is 0.0357. The third kappa shape index (κ3) is 3.22. The minimum atomic E-state index is -1.01. The fraction of sp³-hybridized carbons (Fsp3) is 0.261. The van der Waals surface area contributed by atoms with E-state index in [2.05, 4.69) is 17.5 Å². The van der Waals surface area contributed by atoms with Gasteiger partial charge in [0.1, 0.15) is 6.54 Å². The number of halogens is 2. The van der Waals surface area contributed by atoms with Crippen LogP contribution in [0.15, 0.2) is 42.5 Å². The lowest BCUT2D eigenvalue weighted by Gasteiger charge is -2.33. The Morgan fingerprint density at radius 2 is 1.97 bits per heavy atom. The molecule has 1 aliphatic carbocycles. The van der Waals surface area contributed by atoms with Crippen LogP contribution in [0.25, 0.3) is 5.57 Å². The molecular weight excluding hydrogens is 402 g/mol. The van der Waals surface area contributed by atoms with E-state index in [1.807, 2.05) is 12.1 Å². The van der Waals surface area contributed by atoms with Gasteiger partial charge in [-0.1, -0.05) is 18.2 Å². The highest BCUT2D eigenvalue weighted by molar-refractivity contribution is 5.95. The molecule has 6 nitrogen and oxygen atoms in total. The molecule has 1 fully saturated rings. The van der Waals surface area contributed by atoms with Crippen molar-refractivity contribution in [2.45, 2.75) is 19.0 Å². The molecule has 0 radical (unpaired) electrons. The molecule has 1 saturated heterocycles. The maximum Gasteiger partial charge on any atom is 0.322 e. The molecule has 2 aliphatic heterocycles. The average molecular weight is 420 g/mol. The predicted octanol–water partition coefficient (Wildman–Crippen LogP) is 3.50. The molecule has 2 aromatic rings. The van der Waals surface area contributed by atoms with Crippen LogP contribution in [0.3, 0.4) is 0 Å². The van der Waals surface area contributed by atoms with Gasteiger partial charge in [0.25, 0.3) is 0 Å². The Balaban J connectivity index is 1.32. The lowest BCUT2D eigenvalue weighted by Crippen LogP contribution is -2.48. The predicted molar refractivity (Wildman–Crippen MR) is 109 cm³/mol. The molecule has 3 amide bonds. The van der Waals surface area contributed by atoms with E-state index in [1.54, 1.807) is 17.0 Å². The second-order valence-corrected chi connectivity index (χ2v) is 8.04. The van der Waals surface area contributed by atoms with Crippen LogP contribution in [0, 0.1) is 28.9 Å². The van der Waals surface area contributed by atoms with Gasteiger partial charge in [-0.15, -0.1) is 0 Å². The number of likely N-dealkylation sites (tertiary alicyclic amines) is 1. The van der Waals surface area contributed by atoms with E-state index in [9.17, 15) is 18.4 Å². The number of rotatable bonds is 3. The number of hydrogen-bond donors (Lipinski definition) is 1. The number of anilines is 1. The topological polar surface area (TPSA) is 76.4 Å². The Morgan fingerprint density at radius 3 is 2.68 bits per heavy atom. The second kappa shape index (κ2) is 7.20. The maximum absolute atomic E-state index is 14.2. The van der Waals surface area contributed by atoms with E-state index in [4.69, 9.17) is 5.26 Å². The van der Waals surface area contributed by atoms with Crippen LogP contribution in [0.2, 0.25) is 0 Å². The van der Waals surface area contributed by atoms with Crippen LogP contribution in [0.4, 0.5) is 19.3 Å². The smallest absolute Gasteiger partial charge is 0.322 e. The van der Waals surface area contributed by atoms with Gasteiger partial charge in [-0.25, -0.2) is 13.6 Å². The number of amides is 3. The molecule has 0 saturated carbocycles. The molecule has 2 bridgehead atoms. The normalized spacial score (nSPS) is 21.5. The van der Waals surface area contributed by atoms with Gasteiger partial charge >= 0.3 is 6.03 Å². The quantitative estimate of drug-likeness (QED) is 0.826. The fourth-order valence-electron chi connectivity index (χ4n) is 4.65. The van der Waals surface area contributed by atoms with Crippen LogP contribution in [0.1, 0.15) is 23.1 Å². The number of nitrogens with one attached hydrogen (secondary N) is 1. The summed E-state index contributed by atoms with van der Waals surface area (Å²) in [5, 5.41) is 11.5. The van der Waals surface area contributed by atoms with E-state index in [1.165, 1.54) is 11.0 Å². The van der Waals surface area contributed by atoms with Crippen molar-refractivity contribution in [3.63, 3.8) is 0 Å². The molecule has 0 unspecified atom stereocenters. The van der Waals surface area contributed by atoms with E-state index >= 15 is 0 Å². The zero-order valence-electron chi connectivity index (χ0n) is 16.4. The van der Waals surface area contributed by atoms with Crippen molar-refractivity contribution in [3.05, 3.63) is 70.8 Å². The number of fused-ring (bicyclic) bond motifs is 3. The van der Waals surface area contributed by atoms with Gasteiger partial charge in [0.05, 0.1) is 29.9 Å². The monoisotopic (exact) mass is 420 g/mol. The standard InChI is InChI=1S/C23H18F2N4O2/c24-18-5-6-19-17(22(18)25)11-28(23(31)27-19)12-21(30)29-10-14-7-16(20(29)8-14)15-3-1-13(9-26)2-4-15/h1-7,14,20H,8,10-12H2,(H,27,31)/t14-,20-/m1/s1. The Kier molecular flexibility index (Phi) is 4.47. The molecule has 0 aromatic heterocycles. The molecular formula is C23H18F2N4O2. The molecule has 1 N–H and O–H groups in total. The van der Waals surface area contributed by atoms with Gasteiger partial charge < -0.3 is 15.1 Å². The molecule has 156 valence electrons. The van der Waals surface area contributed by atoms with E-state index in [0.717, 1.165) is 23.6 Å². The van der Waals surface area contributed by atoms with Crippen molar-refractivity contribution >= 4 is 23.2 Å². The summed E-state index contributed by atoms with van der Waals surface area (Å²) in [6, 6.07) is 11.0. The first-order valence-electron chi connectivity index (χ1n) is 9.99. The molecule has 3 aliphatic rings. The van der Waals surface area contributed by atoms with Crippen LogP contribution in [0.5, 0.6) is 0 Å². The number of hydrogen-bond acceptors (Lipinski definition) is 3. The number of nitrogens with zero attached hydrogens (tertiary/aromatic N) is 3. The zero-order valence-corrected chi connectivity index (χ0v) is 16.4. The summed E-state index contributed by atoms with van der Waals surface area (Å²) in [6.07, 6.45) is 2.98. The molecule has 2 aromatic carbocycles. The molecule has 5 rings (SSSR count). The first kappa shape index (κ1) is 19.2. The summed E-state index contributed by atoms with van der Waals surface area (Å²) in [5.74, 6) is -2.00. The molecule has 0 spiro atoms. The summed E-state index contributed by atoms with van der Waals surface area (Å²) >= 11 is 0. The maximum atomic E-state index is 14.2. The summed E-state index contributed by atoms with van der Waals surface area (Å²) in [6.45, 7) is 0.181. The number of urea groups is 1. The fourth-order valence-corrected chi connectivity index (χ4v) is 4.65. The molecule has 2 atom stereocenters. The summed E-state index contributed by atoms with van der Waals surface area (Å²) in [7, 11) is 0. The van der Waals surface area contributed by atoms with Crippen molar-refractivity contribution in [2.24, 2.45) is 5.92 Å². The van der Waals surface area contributed by atoms with Gasteiger partial charge in [-0.2, -0.15) is 5.26 Å². The highest BCUT2D eigenvalue weighted by atomic mass is 19.2. The average Bonchev–Trinajstić information content (AvgIpc) is 3.39. The summed E-state index contributed by atoms with van der Waals surface area (Å²) in [4.78, 5) is 28.4. The van der Waals surface area contributed by atoms with E-state index in [-0.39, 0.29) is 42.2 Å². The summed E-state index contributed by atoms with van der Waals surface area (Å²) in [5.41, 5.74) is 2.83. The minimum Gasteiger partial charge on any atom is -0.333 e. The Bertz CT molecular complexity index is 1170. The third-order valence-electron chi connectivity index (χ3n) is 6.18. The largest absolute Gasteiger partial charge is 0.333 e. The zero-order chi connectivity index (χ0) is 21.7. The van der Waals surface area contributed by atoms with Gasteiger partial charge in [0, 0.05) is 12.1 Å². The van der Waals surface area contributed by atoms with Crippen molar-refractivity contribution < 1.29 is 18.4 Å². The van der Waals surface area contributed by atoms with Crippen molar-refractivity contribution in [1.82, 2.24) is 9.80 Å². The molecule has 2 heterocycles. The first-order valence-corrected chi connectivity index (χ1v) is 9.99. The number of carbonyl (C=O) groups excluding carboxylic acids is 2. The van der Waals surface area contributed by atoms with Crippen molar-refractivity contribution in [1.29, 1.82) is 5.26 Å². The van der Waals surface area contributed by atoms with Gasteiger partial charge in [-0.3, -0.25) is 4.79 Å².